The fourth-order valence-electron chi connectivity index (χ4n) is 2.82. The molecule has 1 atom stereocenters. The van der Waals surface area contributed by atoms with Gasteiger partial charge in [-0.25, -0.2) is 4.98 Å². The lowest BCUT2D eigenvalue weighted by Gasteiger charge is -2.13. The number of imidazole rings is 1. The predicted molar refractivity (Wildman–Crippen MR) is 91.2 cm³/mol. The van der Waals surface area contributed by atoms with E-state index in [1.54, 1.807) is 0 Å². The number of aryl methyl sites for hydroxylation is 2. The molecule has 2 heterocycles. The fraction of sp³-hybridized carbons (Fsp3) is 0.333. The molecule has 0 aliphatic rings. The normalized spacial score (nSPS) is 12.5. The minimum atomic E-state index is -0.137. The minimum absolute atomic E-state index is 0.0328. The van der Waals surface area contributed by atoms with Gasteiger partial charge in [0.25, 0.3) is 0 Å². The number of amides is 1. The summed E-state index contributed by atoms with van der Waals surface area (Å²) in [5.41, 5.74) is 4.27. The van der Waals surface area contributed by atoms with Crippen LogP contribution in [0.4, 0.5) is 0 Å². The maximum absolute atomic E-state index is 12.2. The highest BCUT2D eigenvalue weighted by Gasteiger charge is 2.14. The van der Waals surface area contributed by atoms with Gasteiger partial charge in [0.1, 0.15) is 5.82 Å². The van der Waals surface area contributed by atoms with Crippen LogP contribution in [-0.4, -0.2) is 20.4 Å². The van der Waals surface area contributed by atoms with Gasteiger partial charge in [0.15, 0.2) is 0 Å². The number of aromatic nitrogens is 3. The molecule has 3 aromatic rings. The van der Waals surface area contributed by atoms with Crippen LogP contribution in [0.3, 0.4) is 0 Å². The van der Waals surface area contributed by atoms with Crippen LogP contribution >= 0.6 is 0 Å². The summed E-state index contributed by atoms with van der Waals surface area (Å²) in [5.74, 6) is 0.818. The van der Waals surface area contributed by atoms with Gasteiger partial charge in [-0.05, 0) is 45.0 Å². The first-order valence-corrected chi connectivity index (χ1v) is 7.91. The maximum atomic E-state index is 12.2. The van der Waals surface area contributed by atoms with E-state index in [1.165, 1.54) is 11.4 Å². The Morgan fingerprint density at radius 1 is 1.22 bits per heavy atom. The van der Waals surface area contributed by atoms with Crippen molar-refractivity contribution in [1.82, 2.24) is 19.9 Å². The van der Waals surface area contributed by atoms with Crippen molar-refractivity contribution in [2.24, 2.45) is 0 Å². The highest BCUT2D eigenvalue weighted by molar-refractivity contribution is 5.77. The van der Waals surface area contributed by atoms with E-state index in [1.807, 2.05) is 31.2 Å². The van der Waals surface area contributed by atoms with E-state index < -0.39 is 0 Å². The first-order valence-electron chi connectivity index (χ1n) is 7.91. The van der Waals surface area contributed by atoms with Gasteiger partial charge in [0.05, 0.1) is 17.1 Å². The third kappa shape index (κ3) is 3.28. The van der Waals surface area contributed by atoms with Crippen molar-refractivity contribution < 1.29 is 4.79 Å². The van der Waals surface area contributed by atoms with E-state index in [-0.39, 0.29) is 11.9 Å². The number of H-pyrrole nitrogens is 1. The molecule has 0 fully saturated rings. The van der Waals surface area contributed by atoms with Crippen LogP contribution in [0.2, 0.25) is 0 Å². The van der Waals surface area contributed by atoms with Crippen molar-refractivity contribution >= 4 is 16.9 Å². The Bertz CT molecular complexity index is 778. The molecule has 0 bridgehead atoms. The van der Waals surface area contributed by atoms with Crippen LogP contribution < -0.4 is 5.32 Å². The summed E-state index contributed by atoms with van der Waals surface area (Å²) >= 11 is 0. The van der Waals surface area contributed by atoms with Crippen molar-refractivity contribution in [2.75, 3.05) is 0 Å². The molecule has 1 unspecified atom stereocenters. The summed E-state index contributed by atoms with van der Waals surface area (Å²) < 4.78 is 2.16. The molecule has 0 aliphatic heterocycles. The molecule has 5 nitrogen and oxygen atoms in total. The smallest absolute Gasteiger partial charge is 0.222 e. The molecule has 5 heteroatoms. The summed E-state index contributed by atoms with van der Waals surface area (Å²) in [6.45, 7) is 6.76. The van der Waals surface area contributed by atoms with Crippen LogP contribution in [0.5, 0.6) is 0 Å². The quantitative estimate of drug-likeness (QED) is 0.760. The maximum Gasteiger partial charge on any atom is 0.222 e. The van der Waals surface area contributed by atoms with Gasteiger partial charge >= 0.3 is 0 Å². The summed E-state index contributed by atoms with van der Waals surface area (Å²) in [6.07, 6.45) is 0.459. The highest BCUT2D eigenvalue weighted by Crippen LogP contribution is 2.15. The van der Waals surface area contributed by atoms with Gasteiger partial charge in [0.2, 0.25) is 5.91 Å². The molecular formula is C18H22N4O. The Balaban J connectivity index is 1.61. The van der Waals surface area contributed by atoms with Gasteiger partial charge in [-0.15, -0.1) is 0 Å². The zero-order valence-electron chi connectivity index (χ0n) is 13.8. The first kappa shape index (κ1) is 15.3. The van der Waals surface area contributed by atoms with Crippen molar-refractivity contribution in [3.05, 3.63) is 53.6 Å². The molecule has 2 aromatic heterocycles. The second kappa shape index (κ2) is 6.28. The lowest BCUT2D eigenvalue weighted by molar-refractivity contribution is -0.122. The van der Waals surface area contributed by atoms with Crippen LogP contribution in [0, 0.1) is 13.8 Å². The van der Waals surface area contributed by atoms with Crippen molar-refractivity contribution in [3.8, 4) is 0 Å². The Morgan fingerprint density at radius 3 is 2.61 bits per heavy atom. The number of hydrogen-bond donors (Lipinski definition) is 2. The molecule has 2 N–H and O–H groups in total. The topological polar surface area (TPSA) is 62.7 Å². The van der Waals surface area contributed by atoms with Crippen LogP contribution in [0.15, 0.2) is 36.4 Å². The lowest BCUT2D eigenvalue weighted by atomic mass is 10.3. The van der Waals surface area contributed by atoms with E-state index in [0.29, 0.717) is 13.0 Å². The summed E-state index contributed by atoms with van der Waals surface area (Å²) in [7, 11) is 0. The molecule has 0 saturated carbocycles. The van der Waals surface area contributed by atoms with Crippen LogP contribution in [-0.2, 0) is 11.3 Å². The Hall–Kier alpha value is -2.56. The number of fused-ring (bicyclic) bond motifs is 1. The molecule has 23 heavy (non-hydrogen) atoms. The number of para-hydroxylation sites is 2. The average Bonchev–Trinajstić information content (AvgIpc) is 3.09. The third-order valence-electron chi connectivity index (χ3n) is 4.18. The lowest BCUT2D eigenvalue weighted by Crippen LogP contribution is -2.28. The van der Waals surface area contributed by atoms with Crippen LogP contribution in [0.25, 0.3) is 11.0 Å². The van der Waals surface area contributed by atoms with Gasteiger partial charge in [-0.3, -0.25) is 4.79 Å². The number of carbonyl (C=O) groups excluding carboxylic acids is 1. The van der Waals surface area contributed by atoms with E-state index in [2.05, 4.69) is 45.8 Å². The van der Waals surface area contributed by atoms with E-state index in [9.17, 15) is 4.79 Å². The Kier molecular flexibility index (Phi) is 4.19. The molecule has 1 aromatic carbocycles. The summed E-state index contributed by atoms with van der Waals surface area (Å²) in [4.78, 5) is 20.0. The van der Waals surface area contributed by atoms with E-state index in [4.69, 9.17) is 0 Å². The van der Waals surface area contributed by atoms with Gasteiger partial charge in [0, 0.05) is 24.4 Å². The second-order valence-electron chi connectivity index (χ2n) is 5.95. The third-order valence-corrected chi connectivity index (χ3v) is 4.18. The molecule has 0 radical (unpaired) electrons. The molecule has 0 spiro atoms. The Morgan fingerprint density at radius 2 is 1.91 bits per heavy atom. The molecule has 0 saturated heterocycles. The zero-order chi connectivity index (χ0) is 16.4. The number of carbonyl (C=O) groups is 1. The van der Waals surface area contributed by atoms with E-state index >= 15 is 0 Å². The van der Waals surface area contributed by atoms with Gasteiger partial charge in [-0.2, -0.15) is 0 Å². The number of nitrogens with zero attached hydrogens (tertiary/aromatic N) is 2. The van der Waals surface area contributed by atoms with Crippen molar-refractivity contribution in [1.29, 1.82) is 0 Å². The summed E-state index contributed by atoms with van der Waals surface area (Å²) in [5, 5.41) is 3.01. The highest BCUT2D eigenvalue weighted by atomic mass is 16.1. The number of hydrogen-bond acceptors (Lipinski definition) is 2. The summed E-state index contributed by atoms with van der Waals surface area (Å²) in [6, 6.07) is 11.9. The fourth-order valence-corrected chi connectivity index (χ4v) is 2.82. The molecule has 1 amide bonds. The first-order chi connectivity index (χ1) is 11.0. The molecule has 120 valence electrons. The van der Waals surface area contributed by atoms with Crippen LogP contribution in [0.1, 0.15) is 36.6 Å². The standard InChI is InChI=1S/C18H22N4O/c1-12-8-9-13(2)22(12)11-10-17(23)19-14(3)18-20-15-6-4-5-7-16(15)21-18/h4-9,14H,10-11H2,1-3H3,(H,19,23)(H,20,21). The van der Waals surface area contributed by atoms with Crippen molar-refractivity contribution in [3.63, 3.8) is 0 Å². The van der Waals surface area contributed by atoms with Crippen molar-refractivity contribution in [2.45, 2.75) is 39.8 Å². The number of rotatable bonds is 5. The molecule has 0 aliphatic carbocycles. The largest absolute Gasteiger partial charge is 0.349 e. The molecule has 3 rings (SSSR count). The monoisotopic (exact) mass is 310 g/mol. The number of nitrogens with one attached hydrogen (secondary N) is 2. The molecular weight excluding hydrogens is 288 g/mol. The average molecular weight is 310 g/mol. The SMILES string of the molecule is Cc1ccc(C)n1CCC(=O)NC(C)c1nc2ccccc2[nH]1. The number of benzene rings is 1. The van der Waals surface area contributed by atoms with Gasteiger partial charge < -0.3 is 14.9 Å². The minimum Gasteiger partial charge on any atom is -0.349 e. The van der Waals surface area contributed by atoms with E-state index in [0.717, 1.165) is 16.9 Å². The zero-order valence-corrected chi connectivity index (χ0v) is 13.8. The number of aromatic amines is 1. The Labute approximate surface area is 135 Å². The van der Waals surface area contributed by atoms with Gasteiger partial charge in [-0.1, -0.05) is 12.1 Å². The second-order valence-corrected chi connectivity index (χ2v) is 5.95. The predicted octanol–water partition coefficient (Wildman–Crippen LogP) is 3.25.